The van der Waals surface area contributed by atoms with Crippen molar-refractivity contribution < 1.29 is 0 Å². The van der Waals surface area contributed by atoms with Crippen molar-refractivity contribution in [2.24, 2.45) is 0 Å². The highest BCUT2D eigenvalue weighted by atomic mass is 127. The van der Waals surface area contributed by atoms with Crippen molar-refractivity contribution in [3.05, 3.63) is 100 Å². The minimum atomic E-state index is -0.0961. The van der Waals surface area contributed by atoms with Crippen LogP contribution in [0.4, 0.5) is 0 Å². The lowest BCUT2D eigenvalue weighted by atomic mass is 9.88. The van der Waals surface area contributed by atoms with Crippen molar-refractivity contribution in [2.75, 3.05) is 6.16 Å². The van der Waals surface area contributed by atoms with Gasteiger partial charge in [-0.1, -0.05) is 136 Å². The predicted molar refractivity (Wildman–Crippen MR) is 175 cm³/mol. The smallest absolute Gasteiger partial charge is 0.0316 e. The van der Waals surface area contributed by atoms with Crippen LogP contribution in [0.25, 0.3) is 27.8 Å². The van der Waals surface area contributed by atoms with Crippen LogP contribution in [0.5, 0.6) is 0 Å². The maximum atomic E-state index is 2.79. The molecule has 35 heavy (non-hydrogen) atoms. The van der Waals surface area contributed by atoms with E-state index < -0.39 is 0 Å². The second-order valence-electron chi connectivity index (χ2n) is 9.23. The van der Waals surface area contributed by atoms with Crippen LogP contribution >= 0.6 is 53.1 Å². The number of benzene rings is 3. The van der Waals surface area contributed by atoms with Gasteiger partial charge in [0.2, 0.25) is 0 Å². The Morgan fingerprint density at radius 2 is 1.57 bits per heavy atom. The second-order valence-corrected chi connectivity index (χ2v) is 15.6. The SMILES string of the molecule is CCCCP(C(I)CCC)C1CC=CC=C1c1c(I)cc(-c2ccccc2)cc1-c1ccccc1. The monoisotopic (exact) mass is 704 g/mol. The van der Waals surface area contributed by atoms with Gasteiger partial charge in [-0.15, -0.1) is 0 Å². The Hall–Kier alpha value is -0.970. The van der Waals surface area contributed by atoms with Gasteiger partial charge in [-0.25, -0.2) is 0 Å². The highest BCUT2D eigenvalue weighted by Crippen LogP contribution is 2.58. The largest absolute Gasteiger partial charge is 0.0854 e. The van der Waals surface area contributed by atoms with Crippen molar-refractivity contribution in [1.82, 2.24) is 0 Å². The predicted octanol–water partition coefficient (Wildman–Crippen LogP) is 11.2. The molecule has 1 aliphatic rings. The zero-order chi connectivity index (χ0) is 24.6. The van der Waals surface area contributed by atoms with Crippen molar-refractivity contribution in [3.8, 4) is 22.3 Å². The van der Waals surface area contributed by atoms with Crippen molar-refractivity contribution in [1.29, 1.82) is 0 Å². The van der Waals surface area contributed by atoms with E-state index >= 15 is 0 Å². The van der Waals surface area contributed by atoms with Gasteiger partial charge in [0.15, 0.2) is 0 Å². The van der Waals surface area contributed by atoms with Crippen LogP contribution in [-0.2, 0) is 0 Å². The van der Waals surface area contributed by atoms with Crippen LogP contribution in [0.1, 0.15) is 51.5 Å². The molecule has 3 aromatic rings. The lowest BCUT2D eigenvalue weighted by Crippen LogP contribution is -2.18. The quantitative estimate of drug-likeness (QED) is 0.112. The van der Waals surface area contributed by atoms with Crippen LogP contribution in [0, 0.1) is 3.57 Å². The van der Waals surface area contributed by atoms with E-state index in [4.69, 9.17) is 0 Å². The summed E-state index contributed by atoms with van der Waals surface area (Å²) < 4.78 is 2.14. The fourth-order valence-electron chi connectivity index (χ4n) is 4.96. The molecule has 0 nitrogen and oxygen atoms in total. The Labute approximate surface area is 240 Å². The molecule has 4 rings (SSSR count). The first-order valence-corrected chi connectivity index (χ1v) is 16.8. The Bertz CT molecular complexity index is 1150. The van der Waals surface area contributed by atoms with Crippen LogP contribution in [0.15, 0.2) is 91.0 Å². The van der Waals surface area contributed by atoms with Crippen LogP contribution < -0.4 is 0 Å². The fraction of sp³-hybridized carbons (Fsp3) is 0.312. The van der Waals surface area contributed by atoms with Gasteiger partial charge in [0, 0.05) is 12.9 Å². The first kappa shape index (κ1) is 27.1. The van der Waals surface area contributed by atoms with Gasteiger partial charge in [-0.2, -0.15) is 0 Å². The number of hydrogen-bond acceptors (Lipinski definition) is 0. The van der Waals surface area contributed by atoms with E-state index in [1.165, 1.54) is 69.7 Å². The average molecular weight is 704 g/mol. The van der Waals surface area contributed by atoms with Gasteiger partial charge >= 0.3 is 0 Å². The van der Waals surface area contributed by atoms with Crippen LogP contribution in [-0.4, -0.2) is 15.5 Å². The maximum Gasteiger partial charge on any atom is 0.0316 e. The van der Waals surface area contributed by atoms with E-state index in [1.54, 1.807) is 5.57 Å². The molecule has 0 spiro atoms. The van der Waals surface area contributed by atoms with Crippen molar-refractivity contribution in [3.63, 3.8) is 0 Å². The minimum Gasteiger partial charge on any atom is -0.0854 e. The van der Waals surface area contributed by atoms with Gasteiger partial charge in [0.25, 0.3) is 0 Å². The molecule has 182 valence electrons. The Morgan fingerprint density at radius 3 is 2.23 bits per heavy atom. The standard InChI is InChI=1S/C32H35I2P/c1-3-5-21-35(31(34)14-4-2)30-20-13-12-19-27(30)32-28(25-17-10-7-11-18-25)22-26(23-29(32)33)24-15-8-6-9-16-24/h6-13,15-19,22-23,30-31H,3-5,14,20-21H2,1-2H3. The van der Waals surface area contributed by atoms with E-state index in [2.05, 4.69) is 150 Å². The molecule has 0 bridgehead atoms. The van der Waals surface area contributed by atoms with E-state index in [9.17, 15) is 0 Å². The molecule has 1 aliphatic carbocycles. The molecule has 0 heterocycles. The van der Waals surface area contributed by atoms with Crippen molar-refractivity contribution in [2.45, 2.75) is 55.3 Å². The molecule has 0 radical (unpaired) electrons. The lowest BCUT2D eigenvalue weighted by molar-refractivity contribution is 0.848. The number of allylic oxidation sites excluding steroid dienone is 4. The third-order valence-corrected chi connectivity index (χ3v) is 13.5. The Kier molecular flexibility index (Phi) is 10.5. The summed E-state index contributed by atoms with van der Waals surface area (Å²) in [4.78, 5) is 0. The minimum absolute atomic E-state index is 0.0961. The highest BCUT2D eigenvalue weighted by Gasteiger charge is 2.32. The molecular weight excluding hydrogens is 669 g/mol. The first-order valence-electron chi connectivity index (χ1n) is 12.8. The topological polar surface area (TPSA) is 0 Å². The Balaban J connectivity index is 1.86. The summed E-state index contributed by atoms with van der Waals surface area (Å²) in [5, 5.41) is 0. The summed E-state index contributed by atoms with van der Waals surface area (Å²) in [5.41, 5.74) is 8.91. The summed E-state index contributed by atoms with van der Waals surface area (Å²) in [5.74, 6) is 0. The molecule has 3 atom stereocenters. The second kappa shape index (κ2) is 13.5. The molecule has 0 fully saturated rings. The molecular formula is C32H35I2P. The first-order chi connectivity index (χ1) is 17.1. The summed E-state index contributed by atoms with van der Waals surface area (Å²) in [6, 6.07) is 26.7. The lowest BCUT2D eigenvalue weighted by Gasteiger charge is -2.35. The van der Waals surface area contributed by atoms with E-state index in [-0.39, 0.29) is 7.92 Å². The van der Waals surface area contributed by atoms with Crippen molar-refractivity contribution >= 4 is 58.7 Å². The van der Waals surface area contributed by atoms with Crippen LogP contribution in [0.3, 0.4) is 0 Å². The van der Waals surface area contributed by atoms with Crippen LogP contribution in [0.2, 0.25) is 0 Å². The molecule has 0 saturated heterocycles. The molecule has 0 aromatic heterocycles. The highest BCUT2D eigenvalue weighted by molar-refractivity contribution is 14.1. The summed E-state index contributed by atoms with van der Waals surface area (Å²) in [6.07, 6.45) is 15.0. The Morgan fingerprint density at radius 1 is 0.886 bits per heavy atom. The number of unbranched alkanes of at least 4 members (excludes halogenated alkanes) is 1. The van der Waals surface area contributed by atoms with Gasteiger partial charge in [-0.3, -0.25) is 0 Å². The number of rotatable bonds is 10. The number of hydrogen-bond donors (Lipinski definition) is 0. The van der Waals surface area contributed by atoms with Gasteiger partial charge in [0.05, 0.1) is 0 Å². The molecule has 0 saturated carbocycles. The number of alkyl halides is 1. The van der Waals surface area contributed by atoms with E-state index in [0.717, 1.165) is 3.67 Å². The zero-order valence-electron chi connectivity index (χ0n) is 20.8. The van der Waals surface area contributed by atoms with E-state index in [1.807, 2.05) is 0 Å². The molecule has 3 aromatic carbocycles. The summed E-state index contributed by atoms with van der Waals surface area (Å²) in [7, 11) is -0.0961. The van der Waals surface area contributed by atoms with Gasteiger partial charge in [-0.05, 0) is 93.5 Å². The number of halogens is 2. The third kappa shape index (κ3) is 6.67. The van der Waals surface area contributed by atoms with Gasteiger partial charge < -0.3 is 0 Å². The average Bonchev–Trinajstić information content (AvgIpc) is 2.90. The summed E-state index contributed by atoms with van der Waals surface area (Å²) in [6.45, 7) is 4.68. The fourth-order valence-corrected chi connectivity index (χ4v) is 11.7. The third-order valence-electron chi connectivity index (χ3n) is 6.76. The molecule has 3 heteroatoms. The van der Waals surface area contributed by atoms with E-state index in [0.29, 0.717) is 5.66 Å². The molecule has 0 amide bonds. The molecule has 0 N–H and O–H groups in total. The maximum absolute atomic E-state index is 2.79. The molecule has 3 unspecified atom stereocenters. The molecule has 0 aliphatic heterocycles. The van der Waals surface area contributed by atoms with Gasteiger partial charge in [0.1, 0.15) is 0 Å². The summed E-state index contributed by atoms with van der Waals surface area (Å²) >= 11 is 5.40. The zero-order valence-corrected chi connectivity index (χ0v) is 26.0. The normalized spacial score (nSPS) is 17.1.